The van der Waals surface area contributed by atoms with Crippen LogP contribution in [0.15, 0.2) is 30.3 Å². The number of nitrogens with one attached hydrogen (secondary N) is 1. The zero-order chi connectivity index (χ0) is 15.0. The van der Waals surface area contributed by atoms with Crippen molar-refractivity contribution in [3.63, 3.8) is 0 Å². The number of hydrogen-bond donors (Lipinski definition) is 2. The molecule has 5 heteroatoms. The molecule has 0 heterocycles. The minimum Gasteiger partial charge on any atom is -0.354 e. The minimum absolute atomic E-state index is 0.187. The van der Waals surface area contributed by atoms with Crippen molar-refractivity contribution in [3.8, 4) is 0 Å². The van der Waals surface area contributed by atoms with Crippen LogP contribution in [-0.4, -0.2) is 38.5 Å². The van der Waals surface area contributed by atoms with E-state index in [-0.39, 0.29) is 11.9 Å². The lowest BCUT2D eigenvalue weighted by Crippen LogP contribution is -2.49. The predicted octanol–water partition coefficient (Wildman–Crippen LogP) is 1.07. The van der Waals surface area contributed by atoms with E-state index in [9.17, 15) is 4.79 Å². The number of hydrogen-bond acceptors (Lipinski definition) is 4. The van der Waals surface area contributed by atoms with Crippen LogP contribution in [-0.2, 0) is 20.7 Å². The fourth-order valence-electron chi connectivity index (χ4n) is 2.00. The van der Waals surface area contributed by atoms with E-state index in [2.05, 4.69) is 5.32 Å². The number of nitrogens with two attached hydrogens (primary N) is 1. The smallest absolute Gasteiger partial charge is 0.237 e. The van der Waals surface area contributed by atoms with Gasteiger partial charge in [0.05, 0.1) is 12.1 Å². The van der Waals surface area contributed by atoms with Crippen molar-refractivity contribution >= 4 is 5.91 Å². The van der Waals surface area contributed by atoms with E-state index in [1.165, 1.54) is 19.8 Å². The largest absolute Gasteiger partial charge is 0.354 e. The van der Waals surface area contributed by atoms with Gasteiger partial charge in [-0.2, -0.15) is 0 Å². The lowest BCUT2D eigenvalue weighted by Gasteiger charge is -2.23. The van der Waals surface area contributed by atoms with Gasteiger partial charge in [-0.05, 0) is 25.3 Å². The highest BCUT2D eigenvalue weighted by Gasteiger charge is 2.21. The summed E-state index contributed by atoms with van der Waals surface area (Å²) in [5.74, 6) is -0.187. The predicted molar refractivity (Wildman–Crippen MR) is 78.1 cm³/mol. The molecule has 1 aromatic rings. The van der Waals surface area contributed by atoms with Crippen LogP contribution in [0.5, 0.6) is 0 Å². The van der Waals surface area contributed by atoms with Crippen LogP contribution in [0.1, 0.15) is 18.9 Å². The molecule has 0 aliphatic rings. The second-order valence-electron chi connectivity index (χ2n) is 4.77. The fraction of sp³-hybridized carbons (Fsp3) is 0.533. The van der Waals surface area contributed by atoms with Crippen molar-refractivity contribution in [1.29, 1.82) is 0 Å². The third-order valence-electron chi connectivity index (χ3n) is 3.17. The van der Waals surface area contributed by atoms with Crippen molar-refractivity contribution in [1.82, 2.24) is 5.32 Å². The number of aryl methyl sites for hydroxylation is 1. The van der Waals surface area contributed by atoms with Crippen LogP contribution in [0.3, 0.4) is 0 Å². The molecule has 0 aliphatic heterocycles. The summed E-state index contributed by atoms with van der Waals surface area (Å²) >= 11 is 0. The van der Waals surface area contributed by atoms with Crippen molar-refractivity contribution < 1.29 is 14.3 Å². The van der Waals surface area contributed by atoms with Crippen LogP contribution < -0.4 is 11.1 Å². The summed E-state index contributed by atoms with van der Waals surface area (Å²) in [5, 5.41) is 2.80. The van der Waals surface area contributed by atoms with E-state index >= 15 is 0 Å². The number of benzene rings is 1. The maximum absolute atomic E-state index is 12.0. The van der Waals surface area contributed by atoms with Gasteiger partial charge in [-0.15, -0.1) is 0 Å². The Labute approximate surface area is 120 Å². The topological polar surface area (TPSA) is 73.6 Å². The number of amides is 1. The van der Waals surface area contributed by atoms with Gasteiger partial charge in [0.2, 0.25) is 5.91 Å². The zero-order valence-electron chi connectivity index (χ0n) is 12.3. The number of methoxy groups -OCH3 is 2. The Bertz CT molecular complexity index is 393. The molecular formula is C15H24N2O3. The Kier molecular flexibility index (Phi) is 7.22. The molecule has 1 amide bonds. The third kappa shape index (κ3) is 5.28. The van der Waals surface area contributed by atoms with Gasteiger partial charge in [0.25, 0.3) is 0 Å². The molecule has 0 bridgehead atoms. The average Bonchev–Trinajstić information content (AvgIpc) is 2.47. The van der Waals surface area contributed by atoms with Gasteiger partial charge in [-0.3, -0.25) is 4.79 Å². The minimum atomic E-state index is -0.535. The molecule has 0 aliphatic carbocycles. The summed E-state index contributed by atoms with van der Waals surface area (Å²) in [6.45, 7) is 1.82. The second-order valence-corrected chi connectivity index (χ2v) is 4.77. The molecule has 1 rings (SSSR count). The summed E-state index contributed by atoms with van der Waals surface area (Å²) in [7, 11) is 3.07. The Morgan fingerprint density at radius 3 is 2.40 bits per heavy atom. The highest BCUT2D eigenvalue weighted by molar-refractivity contribution is 5.81. The fourth-order valence-corrected chi connectivity index (χ4v) is 2.00. The van der Waals surface area contributed by atoms with Crippen molar-refractivity contribution in [2.75, 3.05) is 14.2 Å². The molecule has 0 saturated carbocycles. The van der Waals surface area contributed by atoms with E-state index in [1.807, 2.05) is 37.3 Å². The van der Waals surface area contributed by atoms with Gasteiger partial charge >= 0.3 is 0 Å². The molecule has 0 spiro atoms. The Balaban J connectivity index is 2.39. The maximum atomic E-state index is 12.0. The van der Waals surface area contributed by atoms with Gasteiger partial charge < -0.3 is 20.5 Å². The molecule has 2 atom stereocenters. The molecule has 0 fully saturated rings. The van der Waals surface area contributed by atoms with Crippen LogP contribution in [0, 0.1) is 0 Å². The van der Waals surface area contributed by atoms with Crippen LogP contribution in [0.25, 0.3) is 0 Å². The molecule has 1 aromatic carbocycles. The first-order chi connectivity index (χ1) is 9.58. The first-order valence-electron chi connectivity index (χ1n) is 6.74. The van der Waals surface area contributed by atoms with Crippen molar-refractivity contribution in [2.45, 2.75) is 38.1 Å². The lowest BCUT2D eigenvalue weighted by atomic mass is 10.1. The molecule has 5 nitrogen and oxygen atoms in total. The maximum Gasteiger partial charge on any atom is 0.237 e. The van der Waals surface area contributed by atoms with Gasteiger partial charge in [-0.1, -0.05) is 30.3 Å². The number of carbonyl (C=O) groups excluding carboxylic acids is 1. The first-order valence-corrected chi connectivity index (χ1v) is 6.74. The van der Waals surface area contributed by atoms with Crippen molar-refractivity contribution in [3.05, 3.63) is 35.9 Å². The van der Waals surface area contributed by atoms with Gasteiger partial charge in [0, 0.05) is 14.2 Å². The summed E-state index contributed by atoms with van der Waals surface area (Å²) < 4.78 is 10.2. The summed E-state index contributed by atoms with van der Waals surface area (Å²) in [4.78, 5) is 12.0. The highest BCUT2D eigenvalue weighted by atomic mass is 16.7. The monoisotopic (exact) mass is 280 g/mol. The normalized spacial score (nSPS) is 14.1. The number of ether oxygens (including phenoxy) is 2. The van der Waals surface area contributed by atoms with Crippen LogP contribution in [0.2, 0.25) is 0 Å². The summed E-state index contributed by atoms with van der Waals surface area (Å²) in [5.41, 5.74) is 7.08. The molecule has 0 aromatic heterocycles. The highest BCUT2D eigenvalue weighted by Crippen LogP contribution is 2.05. The molecule has 0 radical (unpaired) electrons. The lowest BCUT2D eigenvalue weighted by molar-refractivity contribution is -0.136. The summed E-state index contributed by atoms with van der Waals surface area (Å²) in [6, 6.07) is 9.19. The van der Waals surface area contributed by atoms with Crippen LogP contribution in [0.4, 0.5) is 0 Å². The molecular weight excluding hydrogens is 256 g/mol. The Morgan fingerprint density at radius 1 is 1.25 bits per heavy atom. The van der Waals surface area contributed by atoms with E-state index in [0.29, 0.717) is 6.42 Å². The summed E-state index contributed by atoms with van der Waals surface area (Å²) in [6.07, 6.45) is 0.912. The molecule has 1 unspecified atom stereocenters. The van der Waals surface area contributed by atoms with Crippen molar-refractivity contribution in [2.24, 2.45) is 5.73 Å². The van der Waals surface area contributed by atoms with E-state index in [0.717, 1.165) is 6.42 Å². The van der Waals surface area contributed by atoms with E-state index in [4.69, 9.17) is 15.2 Å². The number of rotatable bonds is 8. The van der Waals surface area contributed by atoms with Crippen LogP contribution >= 0.6 is 0 Å². The van der Waals surface area contributed by atoms with Gasteiger partial charge in [-0.25, -0.2) is 0 Å². The quantitative estimate of drug-likeness (QED) is 0.699. The molecule has 0 saturated heterocycles. The molecule has 112 valence electrons. The standard InChI is InChI=1S/C15H24N2O3/c1-11(15(19-2)20-3)17-14(18)13(16)10-9-12-7-5-4-6-8-12/h4-8,11,13,15H,9-10,16H2,1-3H3,(H,17,18)/t11?,13-/m0/s1. The SMILES string of the molecule is COC(OC)C(C)NC(=O)[C@@H](N)CCc1ccccc1. The second kappa shape index (κ2) is 8.68. The molecule has 20 heavy (non-hydrogen) atoms. The zero-order valence-corrected chi connectivity index (χ0v) is 12.3. The molecule has 3 N–H and O–H groups in total. The average molecular weight is 280 g/mol. The Morgan fingerprint density at radius 2 is 1.85 bits per heavy atom. The van der Waals surface area contributed by atoms with E-state index < -0.39 is 12.3 Å². The number of carbonyl (C=O) groups is 1. The first kappa shape index (κ1) is 16.6. The Hall–Kier alpha value is -1.43. The van der Waals surface area contributed by atoms with E-state index in [1.54, 1.807) is 0 Å². The van der Waals surface area contributed by atoms with Gasteiger partial charge in [0.15, 0.2) is 6.29 Å². The third-order valence-corrected chi connectivity index (χ3v) is 3.17. The van der Waals surface area contributed by atoms with Gasteiger partial charge in [0.1, 0.15) is 0 Å².